The maximum absolute atomic E-state index is 11.3. The third-order valence-electron chi connectivity index (χ3n) is 2.37. The average Bonchev–Trinajstić information content (AvgIpc) is 2.36. The first kappa shape index (κ1) is 13.7. The molecule has 0 aliphatic carbocycles. The van der Waals surface area contributed by atoms with Gasteiger partial charge in [0.05, 0.1) is 6.61 Å². The summed E-state index contributed by atoms with van der Waals surface area (Å²) < 4.78 is 10.3. The van der Waals surface area contributed by atoms with Crippen molar-refractivity contribution in [3.8, 4) is 0 Å². The Morgan fingerprint density at radius 1 is 1.18 bits per heavy atom. The Kier molecular flexibility index (Phi) is 7.07. The van der Waals surface area contributed by atoms with E-state index in [9.17, 15) is 4.79 Å². The lowest BCUT2D eigenvalue weighted by Gasteiger charge is -2.05. The molecule has 0 unspecified atom stereocenters. The summed E-state index contributed by atoms with van der Waals surface area (Å²) in [6.07, 6.45) is 1.95. The van der Waals surface area contributed by atoms with Gasteiger partial charge in [-0.1, -0.05) is 30.3 Å². The Hall–Kier alpha value is -1.35. The fourth-order valence-electron chi connectivity index (χ4n) is 1.46. The van der Waals surface area contributed by atoms with Gasteiger partial charge in [0, 0.05) is 26.1 Å². The third-order valence-corrected chi connectivity index (χ3v) is 2.37. The highest BCUT2D eigenvalue weighted by Crippen LogP contribution is 2.01. The zero-order valence-electron chi connectivity index (χ0n) is 10.4. The van der Waals surface area contributed by atoms with Crippen molar-refractivity contribution >= 4 is 5.97 Å². The Morgan fingerprint density at radius 3 is 2.65 bits per heavy atom. The largest absolute Gasteiger partial charge is 0.465 e. The van der Waals surface area contributed by atoms with Crippen LogP contribution in [0.1, 0.15) is 25.3 Å². The Morgan fingerprint density at radius 2 is 1.94 bits per heavy atom. The van der Waals surface area contributed by atoms with Gasteiger partial charge in [0.15, 0.2) is 0 Å². The molecule has 0 radical (unpaired) electrons. The molecule has 1 aromatic carbocycles. The van der Waals surface area contributed by atoms with E-state index in [1.807, 2.05) is 37.3 Å². The molecule has 0 heterocycles. The predicted molar refractivity (Wildman–Crippen MR) is 66.8 cm³/mol. The average molecular weight is 236 g/mol. The molecule has 0 aliphatic heterocycles. The highest BCUT2D eigenvalue weighted by atomic mass is 16.5. The first-order valence-corrected chi connectivity index (χ1v) is 6.10. The molecule has 0 saturated carbocycles. The predicted octanol–water partition coefficient (Wildman–Crippen LogP) is 2.59. The number of esters is 1. The second-order valence-corrected chi connectivity index (χ2v) is 3.76. The summed E-state index contributed by atoms with van der Waals surface area (Å²) in [5, 5.41) is 0. The van der Waals surface area contributed by atoms with Crippen LogP contribution in [0.2, 0.25) is 0 Å². The van der Waals surface area contributed by atoms with Gasteiger partial charge in [0.1, 0.15) is 0 Å². The molecule has 0 saturated heterocycles. The first-order valence-electron chi connectivity index (χ1n) is 6.10. The van der Waals surface area contributed by atoms with E-state index in [4.69, 9.17) is 9.47 Å². The molecule has 0 aromatic heterocycles. The van der Waals surface area contributed by atoms with Crippen LogP contribution in [-0.4, -0.2) is 25.8 Å². The van der Waals surface area contributed by atoms with Gasteiger partial charge in [0.25, 0.3) is 0 Å². The van der Waals surface area contributed by atoms with E-state index in [2.05, 4.69) is 0 Å². The van der Waals surface area contributed by atoms with E-state index in [1.165, 1.54) is 5.56 Å². The maximum atomic E-state index is 11.3. The van der Waals surface area contributed by atoms with Crippen molar-refractivity contribution in [3.63, 3.8) is 0 Å². The van der Waals surface area contributed by atoms with Crippen LogP contribution >= 0.6 is 0 Å². The minimum Gasteiger partial charge on any atom is -0.465 e. The van der Waals surface area contributed by atoms with E-state index in [-0.39, 0.29) is 5.97 Å². The second kappa shape index (κ2) is 8.76. The van der Waals surface area contributed by atoms with Gasteiger partial charge in [-0.3, -0.25) is 4.79 Å². The molecule has 0 aliphatic rings. The van der Waals surface area contributed by atoms with Crippen molar-refractivity contribution in [2.24, 2.45) is 0 Å². The normalized spacial score (nSPS) is 10.2. The summed E-state index contributed by atoms with van der Waals surface area (Å²) in [5.41, 5.74) is 1.19. The number of rotatable bonds is 8. The molecule has 17 heavy (non-hydrogen) atoms. The number of ether oxygens (including phenoxy) is 2. The topological polar surface area (TPSA) is 35.5 Å². The summed E-state index contributed by atoms with van der Waals surface area (Å²) in [6, 6.07) is 10.0. The fourth-order valence-corrected chi connectivity index (χ4v) is 1.46. The summed E-state index contributed by atoms with van der Waals surface area (Å²) in [5.74, 6) is -0.138. The quantitative estimate of drug-likeness (QED) is 0.514. The van der Waals surface area contributed by atoms with Crippen LogP contribution < -0.4 is 0 Å². The van der Waals surface area contributed by atoms with Crippen molar-refractivity contribution in [1.29, 1.82) is 0 Å². The first-order chi connectivity index (χ1) is 8.33. The molecule has 0 N–H and O–H groups in total. The van der Waals surface area contributed by atoms with Crippen LogP contribution in [0, 0.1) is 0 Å². The van der Waals surface area contributed by atoms with Gasteiger partial charge in [-0.25, -0.2) is 0 Å². The minimum absolute atomic E-state index is 0.138. The van der Waals surface area contributed by atoms with Crippen LogP contribution in [-0.2, 0) is 20.7 Å². The summed E-state index contributed by atoms with van der Waals surface area (Å²) in [7, 11) is 0. The zero-order valence-corrected chi connectivity index (χ0v) is 10.4. The van der Waals surface area contributed by atoms with Gasteiger partial charge in [-0.05, 0) is 18.9 Å². The van der Waals surface area contributed by atoms with Crippen molar-refractivity contribution in [3.05, 3.63) is 35.9 Å². The van der Waals surface area contributed by atoms with E-state index in [0.717, 1.165) is 12.8 Å². The Bertz CT molecular complexity index is 309. The van der Waals surface area contributed by atoms with Gasteiger partial charge in [-0.2, -0.15) is 0 Å². The molecule has 94 valence electrons. The van der Waals surface area contributed by atoms with Crippen molar-refractivity contribution in [2.45, 2.75) is 26.2 Å². The molecule has 3 heteroatoms. The van der Waals surface area contributed by atoms with E-state index in [0.29, 0.717) is 26.2 Å². The molecule has 0 amide bonds. The number of hydrogen-bond acceptors (Lipinski definition) is 3. The van der Waals surface area contributed by atoms with Crippen molar-refractivity contribution in [1.82, 2.24) is 0 Å². The molecular formula is C14H20O3. The van der Waals surface area contributed by atoms with Gasteiger partial charge < -0.3 is 9.47 Å². The second-order valence-electron chi connectivity index (χ2n) is 3.76. The SMILES string of the molecule is CCOCCCC(=O)OCCc1ccccc1. The molecule has 1 rings (SSSR count). The zero-order chi connectivity index (χ0) is 12.3. The van der Waals surface area contributed by atoms with Crippen LogP contribution in [0.25, 0.3) is 0 Å². The van der Waals surface area contributed by atoms with E-state index >= 15 is 0 Å². The summed E-state index contributed by atoms with van der Waals surface area (Å²) in [6.45, 7) is 3.73. The minimum atomic E-state index is -0.138. The number of hydrogen-bond donors (Lipinski definition) is 0. The standard InChI is InChI=1S/C14H20O3/c1-2-16-11-6-9-14(15)17-12-10-13-7-4-3-5-8-13/h3-5,7-8H,2,6,9-12H2,1H3. The number of carbonyl (C=O) groups is 1. The highest BCUT2D eigenvalue weighted by molar-refractivity contribution is 5.69. The lowest BCUT2D eigenvalue weighted by atomic mass is 10.2. The van der Waals surface area contributed by atoms with Crippen molar-refractivity contribution in [2.75, 3.05) is 19.8 Å². The molecule has 0 bridgehead atoms. The lowest BCUT2D eigenvalue weighted by Crippen LogP contribution is -2.08. The molecule has 0 atom stereocenters. The maximum Gasteiger partial charge on any atom is 0.305 e. The van der Waals surface area contributed by atoms with Gasteiger partial charge >= 0.3 is 5.97 Å². The van der Waals surface area contributed by atoms with Crippen LogP contribution in [0.5, 0.6) is 0 Å². The summed E-state index contributed by atoms with van der Waals surface area (Å²) >= 11 is 0. The molecule has 1 aromatic rings. The molecule has 3 nitrogen and oxygen atoms in total. The number of carbonyl (C=O) groups excluding carboxylic acids is 1. The molecular weight excluding hydrogens is 216 g/mol. The van der Waals surface area contributed by atoms with Crippen molar-refractivity contribution < 1.29 is 14.3 Å². The van der Waals surface area contributed by atoms with E-state index < -0.39 is 0 Å². The monoisotopic (exact) mass is 236 g/mol. The molecule has 0 spiro atoms. The summed E-state index contributed by atoms with van der Waals surface area (Å²) in [4.78, 5) is 11.3. The smallest absolute Gasteiger partial charge is 0.305 e. The molecule has 0 fully saturated rings. The fraction of sp³-hybridized carbons (Fsp3) is 0.500. The van der Waals surface area contributed by atoms with Crippen LogP contribution in [0.3, 0.4) is 0 Å². The van der Waals surface area contributed by atoms with Crippen LogP contribution in [0.15, 0.2) is 30.3 Å². The lowest BCUT2D eigenvalue weighted by molar-refractivity contribution is -0.143. The Balaban J connectivity index is 2.04. The van der Waals surface area contributed by atoms with E-state index in [1.54, 1.807) is 0 Å². The third kappa shape index (κ3) is 6.74. The highest BCUT2D eigenvalue weighted by Gasteiger charge is 2.02. The Labute approximate surface area is 103 Å². The van der Waals surface area contributed by atoms with Gasteiger partial charge in [-0.15, -0.1) is 0 Å². The van der Waals surface area contributed by atoms with Crippen LogP contribution in [0.4, 0.5) is 0 Å². The van der Waals surface area contributed by atoms with Gasteiger partial charge in [0.2, 0.25) is 0 Å². The number of benzene rings is 1.